The summed E-state index contributed by atoms with van der Waals surface area (Å²) in [5.74, 6) is -0.154. The molecule has 4 rings (SSSR count). The molecule has 0 aromatic heterocycles. The van der Waals surface area contributed by atoms with Crippen molar-refractivity contribution in [2.75, 3.05) is 7.11 Å². The van der Waals surface area contributed by atoms with Crippen LogP contribution in [-0.4, -0.2) is 24.9 Å². The minimum atomic E-state index is -0.544. The van der Waals surface area contributed by atoms with Gasteiger partial charge in [-0.3, -0.25) is 4.79 Å². The number of ether oxygens (including phenoxy) is 3. The van der Waals surface area contributed by atoms with E-state index in [-0.39, 0.29) is 17.3 Å². The molecule has 1 heterocycles. The van der Waals surface area contributed by atoms with Crippen molar-refractivity contribution in [1.82, 2.24) is 0 Å². The van der Waals surface area contributed by atoms with Gasteiger partial charge in [0.2, 0.25) is 5.90 Å². The van der Waals surface area contributed by atoms with Crippen LogP contribution in [0.15, 0.2) is 69.8 Å². The van der Waals surface area contributed by atoms with Crippen molar-refractivity contribution in [2.45, 2.75) is 6.92 Å². The number of carbonyl (C=O) groups excluding carboxylic acids is 2. The normalized spacial score (nSPS) is 14.6. The molecule has 150 valence electrons. The molecule has 6 nitrogen and oxygen atoms in total. The van der Waals surface area contributed by atoms with Crippen molar-refractivity contribution in [3.8, 4) is 11.5 Å². The van der Waals surface area contributed by atoms with Gasteiger partial charge in [0, 0.05) is 12.5 Å². The first-order chi connectivity index (χ1) is 14.4. The molecular weight excluding hydrogens is 450 g/mol. The molecule has 7 heteroatoms. The average molecular weight is 466 g/mol. The number of esters is 2. The van der Waals surface area contributed by atoms with Gasteiger partial charge in [-0.05, 0) is 62.6 Å². The molecule has 1 aliphatic heterocycles. The molecule has 0 amide bonds. The summed E-state index contributed by atoms with van der Waals surface area (Å²) in [7, 11) is 1.46. The minimum absolute atomic E-state index is 0.160. The maximum absolute atomic E-state index is 12.4. The summed E-state index contributed by atoms with van der Waals surface area (Å²) in [5.41, 5.74) is 1.51. The van der Waals surface area contributed by atoms with Gasteiger partial charge in [-0.1, -0.05) is 30.3 Å². The van der Waals surface area contributed by atoms with Crippen molar-refractivity contribution in [2.24, 2.45) is 4.99 Å². The third-order valence-electron chi connectivity index (χ3n) is 4.42. The summed E-state index contributed by atoms with van der Waals surface area (Å²) in [6.07, 6.45) is 1.58. The molecule has 0 unspecified atom stereocenters. The van der Waals surface area contributed by atoms with Gasteiger partial charge < -0.3 is 14.2 Å². The topological polar surface area (TPSA) is 74.2 Å². The van der Waals surface area contributed by atoms with E-state index in [4.69, 9.17) is 14.2 Å². The van der Waals surface area contributed by atoms with Crippen LogP contribution in [0.4, 0.5) is 0 Å². The first-order valence-electron chi connectivity index (χ1n) is 9.02. The molecular formula is C23H16BrNO5. The Labute approximate surface area is 180 Å². The maximum atomic E-state index is 12.4. The van der Waals surface area contributed by atoms with Crippen molar-refractivity contribution in [3.63, 3.8) is 0 Å². The Bertz CT molecular complexity index is 1250. The van der Waals surface area contributed by atoms with Crippen LogP contribution in [0.2, 0.25) is 0 Å². The van der Waals surface area contributed by atoms with E-state index in [9.17, 15) is 9.59 Å². The van der Waals surface area contributed by atoms with Gasteiger partial charge in [-0.15, -0.1) is 0 Å². The molecule has 0 atom stereocenters. The van der Waals surface area contributed by atoms with Gasteiger partial charge >= 0.3 is 11.9 Å². The molecule has 0 fully saturated rings. The van der Waals surface area contributed by atoms with Crippen molar-refractivity contribution in [3.05, 3.63) is 75.9 Å². The number of cyclic esters (lactones) is 1. The molecule has 0 aliphatic carbocycles. The molecule has 30 heavy (non-hydrogen) atoms. The average Bonchev–Trinajstić information content (AvgIpc) is 3.09. The quantitative estimate of drug-likeness (QED) is 0.311. The lowest BCUT2D eigenvalue weighted by atomic mass is 10.1. The number of aliphatic imine (C=N–C) groups is 1. The molecule has 1 aliphatic rings. The van der Waals surface area contributed by atoms with Crippen LogP contribution in [0.5, 0.6) is 11.5 Å². The third kappa shape index (κ3) is 3.97. The summed E-state index contributed by atoms with van der Waals surface area (Å²) in [5, 5.41) is 2.12. The standard InChI is InChI=1S/C23H16BrNO5/c1-13(26)29-21-18(24)9-14(11-20(21)28-2)10-19-23(27)30-22(25-19)17-8-7-15-5-3-4-6-16(15)12-17/h3-12H,1-2H3/b19-10-. The first-order valence-corrected chi connectivity index (χ1v) is 9.81. The summed E-state index contributed by atoms with van der Waals surface area (Å²) < 4.78 is 16.4. The Balaban J connectivity index is 1.69. The van der Waals surface area contributed by atoms with Gasteiger partial charge in [0.05, 0.1) is 11.6 Å². The number of hydrogen-bond donors (Lipinski definition) is 0. The van der Waals surface area contributed by atoms with E-state index >= 15 is 0 Å². The molecule has 0 radical (unpaired) electrons. The first kappa shape index (κ1) is 19.8. The van der Waals surface area contributed by atoms with E-state index < -0.39 is 11.9 Å². The van der Waals surface area contributed by atoms with Crippen LogP contribution in [0.3, 0.4) is 0 Å². The zero-order valence-corrected chi connectivity index (χ0v) is 17.7. The number of nitrogens with zero attached hydrogens (tertiary/aromatic N) is 1. The number of rotatable bonds is 4. The second-order valence-electron chi connectivity index (χ2n) is 6.53. The van der Waals surface area contributed by atoms with Gasteiger partial charge in [-0.2, -0.15) is 0 Å². The number of hydrogen-bond acceptors (Lipinski definition) is 6. The van der Waals surface area contributed by atoms with Crippen LogP contribution in [0.25, 0.3) is 16.8 Å². The molecule has 3 aromatic carbocycles. The smallest absolute Gasteiger partial charge is 0.363 e. The lowest BCUT2D eigenvalue weighted by Gasteiger charge is -2.11. The SMILES string of the molecule is COc1cc(/C=C2\N=C(c3ccc4ccccc4c3)OC2=O)cc(Br)c1OC(C)=O. The predicted octanol–water partition coefficient (Wildman–Crippen LogP) is 4.88. The van der Waals surface area contributed by atoms with Crippen LogP contribution in [0, 0.1) is 0 Å². The van der Waals surface area contributed by atoms with Gasteiger partial charge in [0.25, 0.3) is 0 Å². The van der Waals surface area contributed by atoms with Gasteiger partial charge in [0.15, 0.2) is 17.2 Å². The fraction of sp³-hybridized carbons (Fsp3) is 0.0870. The Hall–Kier alpha value is -3.45. The van der Waals surface area contributed by atoms with Gasteiger partial charge in [0.1, 0.15) is 0 Å². The third-order valence-corrected chi connectivity index (χ3v) is 5.01. The number of methoxy groups -OCH3 is 1. The van der Waals surface area contributed by atoms with Crippen LogP contribution in [-0.2, 0) is 14.3 Å². The van der Waals surface area contributed by atoms with Crippen LogP contribution in [0.1, 0.15) is 18.1 Å². The Kier molecular flexibility index (Phi) is 5.37. The summed E-state index contributed by atoms with van der Waals surface area (Å²) in [6, 6.07) is 17.0. The summed E-state index contributed by atoms with van der Waals surface area (Å²) in [4.78, 5) is 28.0. The van der Waals surface area contributed by atoms with E-state index in [2.05, 4.69) is 20.9 Å². The Morgan fingerprint density at radius 1 is 1.10 bits per heavy atom. The van der Waals surface area contributed by atoms with E-state index in [1.54, 1.807) is 18.2 Å². The van der Waals surface area contributed by atoms with Crippen LogP contribution < -0.4 is 9.47 Å². The molecule has 0 saturated carbocycles. The molecule has 0 bridgehead atoms. The lowest BCUT2D eigenvalue weighted by Crippen LogP contribution is -2.05. The fourth-order valence-electron chi connectivity index (χ4n) is 3.08. The number of benzene rings is 3. The monoisotopic (exact) mass is 465 g/mol. The molecule has 0 spiro atoms. The second-order valence-corrected chi connectivity index (χ2v) is 7.38. The predicted molar refractivity (Wildman–Crippen MR) is 117 cm³/mol. The number of fused-ring (bicyclic) bond motifs is 1. The highest BCUT2D eigenvalue weighted by Crippen LogP contribution is 2.37. The minimum Gasteiger partial charge on any atom is -0.493 e. The van der Waals surface area contributed by atoms with Crippen molar-refractivity contribution in [1.29, 1.82) is 0 Å². The summed E-state index contributed by atoms with van der Waals surface area (Å²) in [6.45, 7) is 1.30. The Morgan fingerprint density at radius 3 is 2.60 bits per heavy atom. The highest BCUT2D eigenvalue weighted by Gasteiger charge is 2.25. The van der Waals surface area contributed by atoms with Gasteiger partial charge in [-0.25, -0.2) is 9.79 Å². The summed E-state index contributed by atoms with van der Waals surface area (Å²) >= 11 is 3.36. The highest BCUT2D eigenvalue weighted by atomic mass is 79.9. The van der Waals surface area contributed by atoms with E-state index in [0.29, 0.717) is 15.8 Å². The lowest BCUT2D eigenvalue weighted by molar-refractivity contribution is -0.132. The molecule has 0 saturated heterocycles. The molecule has 3 aromatic rings. The zero-order valence-electron chi connectivity index (χ0n) is 16.1. The second kappa shape index (κ2) is 8.12. The van der Waals surface area contributed by atoms with E-state index in [0.717, 1.165) is 16.3 Å². The zero-order chi connectivity index (χ0) is 21.3. The van der Waals surface area contributed by atoms with E-state index in [1.165, 1.54) is 14.0 Å². The maximum Gasteiger partial charge on any atom is 0.363 e. The fourth-order valence-corrected chi connectivity index (χ4v) is 3.62. The van der Waals surface area contributed by atoms with Crippen LogP contribution >= 0.6 is 15.9 Å². The van der Waals surface area contributed by atoms with E-state index in [1.807, 2.05) is 42.5 Å². The Morgan fingerprint density at radius 2 is 1.87 bits per heavy atom. The van der Waals surface area contributed by atoms with Crippen molar-refractivity contribution >= 4 is 50.6 Å². The van der Waals surface area contributed by atoms with Crippen molar-refractivity contribution < 1.29 is 23.8 Å². The highest BCUT2D eigenvalue weighted by molar-refractivity contribution is 9.10. The number of carbonyl (C=O) groups is 2. The molecule has 0 N–H and O–H groups in total. The number of halogens is 1. The largest absolute Gasteiger partial charge is 0.493 e.